The lowest BCUT2D eigenvalue weighted by Gasteiger charge is -2.06. The number of rotatable bonds is 7. The van der Waals surface area contributed by atoms with Gasteiger partial charge >= 0.3 is 5.97 Å². The Morgan fingerprint density at radius 2 is 1.80 bits per heavy atom. The molecule has 25 heavy (non-hydrogen) atoms. The number of hydrogen-bond acceptors (Lipinski definition) is 5. The van der Waals surface area contributed by atoms with Crippen molar-refractivity contribution >= 4 is 35.4 Å². The molecule has 2 rings (SSSR count). The van der Waals surface area contributed by atoms with Crippen molar-refractivity contribution in [2.45, 2.75) is 6.92 Å². The van der Waals surface area contributed by atoms with E-state index in [0.29, 0.717) is 22.9 Å². The van der Waals surface area contributed by atoms with Crippen LogP contribution >= 0.6 is 11.6 Å². The van der Waals surface area contributed by atoms with Gasteiger partial charge in [-0.1, -0.05) is 28.9 Å². The molecule has 2 aromatic rings. The van der Waals surface area contributed by atoms with Gasteiger partial charge in [0.1, 0.15) is 0 Å². The van der Waals surface area contributed by atoms with E-state index in [4.69, 9.17) is 21.2 Å². The lowest BCUT2D eigenvalue weighted by molar-refractivity contribution is -0.120. The molecule has 0 fully saturated rings. The largest absolute Gasteiger partial charge is 0.462 e. The van der Waals surface area contributed by atoms with Crippen LogP contribution < -0.4 is 5.32 Å². The summed E-state index contributed by atoms with van der Waals surface area (Å²) in [7, 11) is 0. The number of benzene rings is 2. The number of amides is 1. The minimum atomic E-state index is -0.403. The van der Waals surface area contributed by atoms with Gasteiger partial charge in [0, 0.05) is 10.7 Å². The van der Waals surface area contributed by atoms with Gasteiger partial charge in [0.05, 0.1) is 18.4 Å². The van der Waals surface area contributed by atoms with Gasteiger partial charge in [0.15, 0.2) is 6.61 Å². The Hall–Kier alpha value is -2.86. The molecule has 0 aliphatic heterocycles. The molecule has 0 aliphatic rings. The highest BCUT2D eigenvalue weighted by atomic mass is 35.5. The van der Waals surface area contributed by atoms with Crippen LogP contribution in [0.1, 0.15) is 22.8 Å². The summed E-state index contributed by atoms with van der Waals surface area (Å²) in [4.78, 5) is 28.3. The van der Waals surface area contributed by atoms with Gasteiger partial charge in [-0.05, 0) is 48.9 Å². The normalized spacial score (nSPS) is 10.5. The molecule has 0 aliphatic carbocycles. The molecule has 0 bridgehead atoms. The Bertz CT molecular complexity index is 743. The number of anilines is 1. The number of oxime groups is 1. The van der Waals surface area contributed by atoms with Gasteiger partial charge in [-0.3, -0.25) is 4.79 Å². The molecule has 0 saturated carbocycles. The SMILES string of the molecule is CCOC(=O)c1ccc(NC(=O)CON=Cc2ccc(Cl)cc2)cc1. The van der Waals surface area contributed by atoms with Crippen molar-refractivity contribution in [2.75, 3.05) is 18.5 Å². The fourth-order valence-electron chi connectivity index (χ4n) is 1.84. The number of carbonyl (C=O) groups is 2. The van der Waals surface area contributed by atoms with Gasteiger partial charge in [0.25, 0.3) is 5.91 Å². The molecule has 0 heterocycles. The van der Waals surface area contributed by atoms with Crippen molar-refractivity contribution in [2.24, 2.45) is 5.16 Å². The van der Waals surface area contributed by atoms with E-state index < -0.39 is 5.97 Å². The molecule has 1 amide bonds. The highest BCUT2D eigenvalue weighted by Crippen LogP contribution is 2.11. The summed E-state index contributed by atoms with van der Waals surface area (Å²) in [5.41, 5.74) is 1.77. The number of carbonyl (C=O) groups excluding carboxylic acids is 2. The number of esters is 1. The maximum atomic E-state index is 11.8. The summed E-state index contributed by atoms with van der Waals surface area (Å²) in [5, 5.41) is 6.99. The minimum Gasteiger partial charge on any atom is -0.462 e. The minimum absolute atomic E-state index is 0.232. The third-order valence-corrected chi connectivity index (χ3v) is 3.27. The molecule has 0 saturated heterocycles. The van der Waals surface area contributed by atoms with Gasteiger partial charge < -0.3 is 14.9 Å². The van der Waals surface area contributed by atoms with E-state index >= 15 is 0 Å². The van der Waals surface area contributed by atoms with Gasteiger partial charge in [-0.15, -0.1) is 0 Å². The summed E-state index contributed by atoms with van der Waals surface area (Å²) in [6, 6.07) is 13.4. The molecular formula is C18H17ClN2O4. The van der Waals surface area contributed by atoms with E-state index in [0.717, 1.165) is 5.56 Å². The first-order valence-corrected chi connectivity index (χ1v) is 7.94. The fraction of sp³-hybridized carbons (Fsp3) is 0.167. The van der Waals surface area contributed by atoms with Crippen molar-refractivity contribution < 1.29 is 19.2 Å². The van der Waals surface area contributed by atoms with E-state index in [1.54, 1.807) is 55.5 Å². The van der Waals surface area contributed by atoms with Crippen LogP contribution in [0, 0.1) is 0 Å². The van der Waals surface area contributed by atoms with Crippen LogP contribution in [0.2, 0.25) is 5.02 Å². The van der Waals surface area contributed by atoms with Crippen LogP contribution in [0.25, 0.3) is 0 Å². The quantitative estimate of drug-likeness (QED) is 0.465. The third-order valence-electron chi connectivity index (χ3n) is 3.02. The summed E-state index contributed by atoms with van der Waals surface area (Å²) >= 11 is 5.78. The van der Waals surface area contributed by atoms with Crippen molar-refractivity contribution in [1.29, 1.82) is 0 Å². The zero-order valence-electron chi connectivity index (χ0n) is 13.6. The zero-order chi connectivity index (χ0) is 18.1. The average molecular weight is 361 g/mol. The average Bonchev–Trinajstić information content (AvgIpc) is 2.61. The Morgan fingerprint density at radius 1 is 1.12 bits per heavy atom. The number of ether oxygens (including phenoxy) is 1. The van der Waals surface area contributed by atoms with Crippen molar-refractivity contribution in [1.82, 2.24) is 0 Å². The number of halogens is 1. The summed E-state index contributed by atoms with van der Waals surface area (Å²) in [5.74, 6) is -0.766. The Morgan fingerprint density at radius 3 is 2.44 bits per heavy atom. The van der Waals surface area contributed by atoms with E-state index in [1.165, 1.54) is 6.21 Å². The smallest absolute Gasteiger partial charge is 0.338 e. The van der Waals surface area contributed by atoms with E-state index in [-0.39, 0.29) is 12.5 Å². The Labute approximate surface area is 150 Å². The van der Waals surface area contributed by atoms with Crippen LogP contribution in [-0.2, 0) is 14.4 Å². The molecule has 7 heteroatoms. The fourth-order valence-corrected chi connectivity index (χ4v) is 1.97. The first-order chi connectivity index (χ1) is 12.1. The van der Waals surface area contributed by atoms with Crippen molar-refractivity contribution in [3.63, 3.8) is 0 Å². The predicted molar refractivity (Wildman–Crippen MR) is 96.0 cm³/mol. The highest BCUT2D eigenvalue weighted by Gasteiger charge is 2.07. The Balaban J connectivity index is 1.78. The van der Waals surface area contributed by atoms with Crippen LogP contribution in [0.4, 0.5) is 5.69 Å². The summed E-state index contributed by atoms with van der Waals surface area (Å²) in [6.45, 7) is 1.82. The molecule has 0 unspecified atom stereocenters. The second-order valence-electron chi connectivity index (χ2n) is 4.91. The van der Waals surface area contributed by atoms with E-state index in [9.17, 15) is 9.59 Å². The van der Waals surface area contributed by atoms with Crippen molar-refractivity contribution in [3.8, 4) is 0 Å². The monoisotopic (exact) mass is 360 g/mol. The van der Waals surface area contributed by atoms with Gasteiger partial charge in [0.2, 0.25) is 0 Å². The van der Waals surface area contributed by atoms with E-state index in [1.807, 2.05) is 0 Å². The second kappa shape index (κ2) is 9.44. The topological polar surface area (TPSA) is 77.0 Å². The molecule has 2 aromatic carbocycles. The highest BCUT2D eigenvalue weighted by molar-refractivity contribution is 6.30. The number of nitrogens with zero attached hydrogens (tertiary/aromatic N) is 1. The third kappa shape index (κ3) is 6.27. The molecule has 1 N–H and O–H groups in total. The number of hydrogen-bond donors (Lipinski definition) is 1. The van der Waals surface area contributed by atoms with Crippen LogP contribution in [0.5, 0.6) is 0 Å². The summed E-state index contributed by atoms with van der Waals surface area (Å²) in [6.07, 6.45) is 1.48. The first kappa shape index (κ1) is 18.5. The predicted octanol–water partition coefficient (Wildman–Crippen LogP) is 3.51. The molecule has 0 radical (unpaired) electrons. The summed E-state index contributed by atoms with van der Waals surface area (Å²) < 4.78 is 4.89. The molecule has 0 atom stereocenters. The molecule has 0 aromatic heterocycles. The molecule has 6 nitrogen and oxygen atoms in total. The Kier molecular flexibility index (Phi) is 6.98. The molecule has 130 valence electrons. The second-order valence-corrected chi connectivity index (χ2v) is 5.34. The van der Waals surface area contributed by atoms with Crippen LogP contribution in [0.15, 0.2) is 53.7 Å². The van der Waals surface area contributed by atoms with Gasteiger partial charge in [-0.25, -0.2) is 4.79 Å². The zero-order valence-corrected chi connectivity index (χ0v) is 14.3. The van der Waals surface area contributed by atoms with Crippen LogP contribution in [-0.4, -0.2) is 31.3 Å². The first-order valence-electron chi connectivity index (χ1n) is 7.56. The van der Waals surface area contributed by atoms with E-state index in [2.05, 4.69) is 10.5 Å². The van der Waals surface area contributed by atoms with Gasteiger partial charge in [-0.2, -0.15) is 0 Å². The maximum absolute atomic E-state index is 11.8. The molecular weight excluding hydrogens is 344 g/mol. The maximum Gasteiger partial charge on any atom is 0.338 e. The standard InChI is InChI=1S/C18H17ClN2O4/c1-2-24-18(23)14-5-9-16(10-6-14)21-17(22)12-25-20-11-13-3-7-15(19)8-4-13/h3-11H,2,12H2,1H3,(H,21,22). The van der Waals surface area contributed by atoms with Crippen LogP contribution in [0.3, 0.4) is 0 Å². The van der Waals surface area contributed by atoms with Crippen molar-refractivity contribution in [3.05, 3.63) is 64.7 Å². The lowest BCUT2D eigenvalue weighted by Crippen LogP contribution is -2.17. The number of nitrogens with one attached hydrogen (secondary N) is 1. The molecule has 0 spiro atoms. The lowest BCUT2D eigenvalue weighted by atomic mass is 10.2.